The lowest BCUT2D eigenvalue weighted by Gasteiger charge is -2.02. The predicted molar refractivity (Wildman–Crippen MR) is 54.8 cm³/mol. The number of hydrogen-bond donors (Lipinski definition) is 1. The van der Waals surface area contributed by atoms with Gasteiger partial charge in [0, 0.05) is 24.9 Å². The molecule has 1 N–H and O–H groups in total. The van der Waals surface area contributed by atoms with E-state index in [4.69, 9.17) is 0 Å². The van der Waals surface area contributed by atoms with Gasteiger partial charge < -0.3 is 5.32 Å². The number of hydrogen-bond acceptors (Lipinski definition) is 4. The van der Waals surface area contributed by atoms with E-state index in [1.165, 1.54) is 18.6 Å². The van der Waals surface area contributed by atoms with E-state index in [0.717, 1.165) is 5.56 Å². The zero-order valence-corrected chi connectivity index (χ0v) is 8.11. The number of halogens is 1. The average Bonchev–Trinajstić information content (AvgIpc) is 2.30. The van der Waals surface area contributed by atoms with Crippen molar-refractivity contribution in [2.45, 2.75) is 0 Å². The fourth-order valence-corrected chi connectivity index (χ4v) is 1.18. The maximum absolute atomic E-state index is 12.6. The van der Waals surface area contributed by atoms with Crippen molar-refractivity contribution in [2.24, 2.45) is 0 Å². The molecule has 0 fully saturated rings. The van der Waals surface area contributed by atoms with Crippen molar-refractivity contribution in [3.63, 3.8) is 0 Å². The van der Waals surface area contributed by atoms with Crippen molar-refractivity contribution in [1.29, 1.82) is 0 Å². The van der Waals surface area contributed by atoms with Gasteiger partial charge in [-0.25, -0.2) is 15.0 Å². The maximum atomic E-state index is 12.6. The molecular formula is C10H9FN4. The molecule has 0 aromatic carbocycles. The summed E-state index contributed by atoms with van der Waals surface area (Å²) in [7, 11) is 1.77. The van der Waals surface area contributed by atoms with Crippen molar-refractivity contribution < 1.29 is 4.39 Å². The van der Waals surface area contributed by atoms with Gasteiger partial charge in [0.05, 0.1) is 5.69 Å². The van der Waals surface area contributed by atoms with Crippen LogP contribution >= 0.6 is 0 Å². The lowest BCUT2D eigenvalue weighted by atomic mass is 10.2. The molecule has 15 heavy (non-hydrogen) atoms. The molecule has 76 valence electrons. The zero-order valence-electron chi connectivity index (χ0n) is 8.11. The zero-order chi connectivity index (χ0) is 10.7. The molecule has 0 amide bonds. The van der Waals surface area contributed by atoms with Crippen LogP contribution in [0.3, 0.4) is 0 Å². The molecule has 0 aliphatic heterocycles. The second-order valence-corrected chi connectivity index (χ2v) is 2.91. The first-order valence-electron chi connectivity index (χ1n) is 4.41. The first kappa shape index (κ1) is 9.51. The molecule has 0 saturated carbocycles. The minimum absolute atomic E-state index is 0.498. The highest BCUT2D eigenvalue weighted by Gasteiger charge is 2.01. The van der Waals surface area contributed by atoms with Crippen molar-refractivity contribution in [2.75, 3.05) is 12.4 Å². The number of nitrogens with zero attached hydrogens (tertiary/aromatic N) is 3. The minimum atomic E-state index is -0.498. The summed E-state index contributed by atoms with van der Waals surface area (Å²) in [6.07, 6.45) is 2.89. The summed E-state index contributed by atoms with van der Waals surface area (Å²) >= 11 is 0. The standard InChI is InChI=1S/C10H9FN4/c1-12-10-4-8(14-6-15-10)7-2-3-9(11)13-5-7/h2-6H,1H3,(H,12,14,15). The van der Waals surface area contributed by atoms with Crippen LogP contribution in [-0.4, -0.2) is 22.0 Å². The highest BCUT2D eigenvalue weighted by molar-refractivity contribution is 5.60. The van der Waals surface area contributed by atoms with Gasteiger partial charge in [-0.2, -0.15) is 4.39 Å². The van der Waals surface area contributed by atoms with Gasteiger partial charge in [0.2, 0.25) is 5.95 Å². The predicted octanol–water partition coefficient (Wildman–Crippen LogP) is 1.72. The molecule has 2 heterocycles. The normalized spacial score (nSPS) is 10.0. The topological polar surface area (TPSA) is 50.7 Å². The lowest BCUT2D eigenvalue weighted by molar-refractivity contribution is 0.584. The van der Waals surface area contributed by atoms with Gasteiger partial charge in [-0.1, -0.05) is 0 Å². The van der Waals surface area contributed by atoms with E-state index in [1.807, 2.05) is 0 Å². The Morgan fingerprint density at radius 3 is 2.73 bits per heavy atom. The monoisotopic (exact) mass is 204 g/mol. The second-order valence-electron chi connectivity index (χ2n) is 2.91. The Bertz CT molecular complexity index is 455. The molecule has 2 aromatic rings. The van der Waals surface area contributed by atoms with E-state index in [0.29, 0.717) is 11.5 Å². The Labute approximate surface area is 86.2 Å². The molecule has 0 bridgehead atoms. The van der Waals surface area contributed by atoms with Crippen molar-refractivity contribution in [1.82, 2.24) is 15.0 Å². The summed E-state index contributed by atoms with van der Waals surface area (Å²) in [5, 5.41) is 2.90. The van der Waals surface area contributed by atoms with Crippen molar-refractivity contribution in [3.05, 3.63) is 36.7 Å². The summed E-state index contributed by atoms with van der Waals surface area (Å²) < 4.78 is 12.6. The SMILES string of the molecule is CNc1cc(-c2ccc(F)nc2)ncn1. The van der Waals surface area contributed by atoms with E-state index in [9.17, 15) is 4.39 Å². The van der Waals surface area contributed by atoms with Crippen LogP contribution in [0, 0.1) is 5.95 Å². The highest BCUT2D eigenvalue weighted by Crippen LogP contribution is 2.17. The van der Waals surface area contributed by atoms with Crippen LogP contribution in [0.25, 0.3) is 11.3 Å². The Hall–Kier alpha value is -2.04. The van der Waals surface area contributed by atoms with E-state index in [2.05, 4.69) is 20.3 Å². The summed E-state index contributed by atoms with van der Waals surface area (Å²) in [6, 6.07) is 4.70. The quantitative estimate of drug-likeness (QED) is 0.757. The van der Waals surface area contributed by atoms with Crippen LogP contribution in [0.4, 0.5) is 10.2 Å². The largest absolute Gasteiger partial charge is 0.373 e. The first-order chi connectivity index (χ1) is 7.29. The number of nitrogens with one attached hydrogen (secondary N) is 1. The maximum Gasteiger partial charge on any atom is 0.212 e. The fraction of sp³-hybridized carbons (Fsp3) is 0.100. The third-order valence-corrected chi connectivity index (χ3v) is 1.95. The van der Waals surface area contributed by atoms with Gasteiger partial charge in [-0.3, -0.25) is 0 Å². The van der Waals surface area contributed by atoms with E-state index in [1.54, 1.807) is 19.2 Å². The summed E-state index contributed by atoms with van der Waals surface area (Å²) in [6.45, 7) is 0. The molecule has 2 rings (SSSR count). The second kappa shape index (κ2) is 4.00. The molecule has 2 aromatic heterocycles. The summed E-state index contributed by atoms with van der Waals surface area (Å²) in [4.78, 5) is 11.6. The molecular weight excluding hydrogens is 195 g/mol. The third kappa shape index (κ3) is 2.07. The third-order valence-electron chi connectivity index (χ3n) is 1.95. The van der Waals surface area contributed by atoms with Gasteiger partial charge in [-0.05, 0) is 12.1 Å². The van der Waals surface area contributed by atoms with Gasteiger partial charge >= 0.3 is 0 Å². The van der Waals surface area contributed by atoms with E-state index >= 15 is 0 Å². The molecule has 0 saturated heterocycles. The number of pyridine rings is 1. The van der Waals surface area contributed by atoms with Crippen LogP contribution in [0.15, 0.2) is 30.7 Å². The molecule has 0 aliphatic rings. The number of anilines is 1. The highest BCUT2D eigenvalue weighted by atomic mass is 19.1. The molecule has 0 spiro atoms. The fourth-order valence-electron chi connectivity index (χ4n) is 1.18. The van der Waals surface area contributed by atoms with Crippen LogP contribution < -0.4 is 5.32 Å². The molecule has 0 aliphatic carbocycles. The molecule has 0 atom stereocenters. The smallest absolute Gasteiger partial charge is 0.212 e. The van der Waals surface area contributed by atoms with Crippen LogP contribution in [0.5, 0.6) is 0 Å². The lowest BCUT2D eigenvalue weighted by Crippen LogP contribution is -1.94. The van der Waals surface area contributed by atoms with Gasteiger partial charge in [0.1, 0.15) is 12.1 Å². The van der Waals surface area contributed by atoms with Crippen molar-refractivity contribution in [3.8, 4) is 11.3 Å². The molecule has 0 unspecified atom stereocenters. The van der Waals surface area contributed by atoms with Crippen LogP contribution in [0.1, 0.15) is 0 Å². The van der Waals surface area contributed by atoms with Crippen molar-refractivity contribution >= 4 is 5.82 Å². The Balaban J connectivity index is 2.40. The Morgan fingerprint density at radius 1 is 1.20 bits per heavy atom. The van der Waals surface area contributed by atoms with E-state index in [-0.39, 0.29) is 0 Å². The molecule has 0 radical (unpaired) electrons. The molecule has 5 heteroatoms. The van der Waals surface area contributed by atoms with Gasteiger partial charge in [0.15, 0.2) is 0 Å². The Morgan fingerprint density at radius 2 is 2.07 bits per heavy atom. The number of rotatable bonds is 2. The minimum Gasteiger partial charge on any atom is -0.373 e. The van der Waals surface area contributed by atoms with Crippen LogP contribution in [0.2, 0.25) is 0 Å². The van der Waals surface area contributed by atoms with E-state index < -0.39 is 5.95 Å². The summed E-state index contributed by atoms with van der Waals surface area (Å²) in [5.74, 6) is 0.214. The average molecular weight is 204 g/mol. The Kier molecular flexibility index (Phi) is 2.53. The molecule has 4 nitrogen and oxygen atoms in total. The van der Waals surface area contributed by atoms with Gasteiger partial charge in [-0.15, -0.1) is 0 Å². The van der Waals surface area contributed by atoms with Gasteiger partial charge in [0.25, 0.3) is 0 Å². The number of aromatic nitrogens is 3. The first-order valence-corrected chi connectivity index (χ1v) is 4.41. The summed E-state index contributed by atoms with van der Waals surface area (Å²) in [5.41, 5.74) is 1.47. The van der Waals surface area contributed by atoms with Crippen LogP contribution in [-0.2, 0) is 0 Å².